The molecule has 1 aromatic carbocycles. The Labute approximate surface area is 86.7 Å². The zero-order chi connectivity index (χ0) is 6.85. The Morgan fingerprint density at radius 3 is 2.40 bits per heavy atom. The Morgan fingerprint density at radius 2 is 2.00 bits per heavy atom. The van der Waals surface area contributed by atoms with Crippen LogP contribution >= 0.6 is 28.6 Å². The van der Waals surface area contributed by atoms with Gasteiger partial charge in [-0.15, -0.1) is 12.6 Å². The third kappa shape index (κ3) is 2.61. The fourth-order valence-corrected chi connectivity index (χ4v) is 1.27. The number of hydrogen-bond acceptors (Lipinski definition) is 2. The van der Waals surface area contributed by atoms with Crippen LogP contribution in [0.2, 0.25) is 0 Å². The molecule has 4 heteroatoms. The summed E-state index contributed by atoms with van der Waals surface area (Å²) in [5, 5.41) is 0. The molecule has 0 saturated heterocycles. The fourth-order valence-electron chi connectivity index (χ4n) is 0.517. The smallest absolute Gasteiger partial charge is 0.0450 e. The molecule has 0 bridgehead atoms. The number of hydrogen-bond donors (Lipinski definition) is 2. The van der Waals surface area contributed by atoms with Gasteiger partial charge in [-0.3, -0.25) is 0 Å². The predicted molar refractivity (Wildman–Crippen MR) is 45.8 cm³/mol. The van der Waals surface area contributed by atoms with Crippen LogP contribution in [0.5, 0.6) is 0 Å². The number of rotatable bonds is 0. The van der Waals surface area contributed by atoms with Crippen LogP contribution in [0.15, 0.2) is 27.6 Å². The van der Waals surface area contributed by atoms with Gasteiger partial charge in [0.1, 0.15) is 0 Å². The first-order chi connectivity index (χ1) is 4.20. The second-order valence-electron chi connectivity index (χ2n) is 1.70. The summed E-state index contributed by atoms with van der Waals surface area (Å²) in [5.41, 5.74) is 6.20. The van der Waals surface area contributed by atoms with E-state index < -0.39 is 0 Å². The van der Waals surface area contributed by atoms with Crippen LogP contribution in [0.25, 0.3) is 0 Å². The fraction of sp³-hybridized carbons (Fsp3) is 0. The standard InChI is InChI=1S/C6H6BrNS.Zn/c7-4-1-2-5(8)6(9)3-4;/h1-3,9H,8H2;. The van der Waals surface area contributed by atoms with Crippen molar-refractivity contribution in [3.8, 4) is 0 Å². The molecule has 0 fully saturated rings. The van der Waals surface area contributed by atoms with Gasteiger partial charge in [-0.25, -0.2) is 0 Å². The van der Waals surface area contributed by atoms with Gasteiger partial charge < -0.3 is 5.73 Å². The van der Waals surface area contributed by atoms with Crippen molar-refractivity contribution in [3.63, 3.8) is 0 Å². The predicted octanol–water partition coefficient (Wildman–Crippen LogP) is 2.32. The number of benzene rings is 1. The van der Waals surface area contributed by atoms with E-state index in [9.17, 15) is 0 Å². The molecule has 0 radical (unpaired) electrons. The second kappa shape index (κ2) is 4.37. The summed E-state index contributed by atoms with van der Waals surface area (Å²) in [4.78, 5) is 0.810. The summed E-state index contributed by atoms with van der Waals surface area (Å²) in [5.74, 6) is 0. The molecular formula is C6H6BrNSZn. The van der Waals surface area contributed by atoms with Crippen molar-refractivity contribution in [1.82, 2.24) is 0 Å². The van der Waals surface area contributed by atoms with Crippen molar-refractivity contribution in [2.24, 2.45) is 0 Å². The Bertz CT molecular complexity index is 229. The first-order valence-electron chi connectivity index (χ1n) is 2.44. The van der Waals surface area contributed by atoms with E-state index in [-0.39, 0.29) is 19.5 Å². The van der Waals surface area contributed by atoms with Gasteiger partial charge in [0.2, 0.25) is 0 Å². The largest absolute Gasteiger partial charge is 0.398 e. The Balaban J connectivity index is 0.000000810. The summed E-state index contributed by atoms with van der Waals surface area (Å²) >= 11 is 7.40. The molecule has 0 spiro atoms. The van der Waals surface area contributed by atoms with Crippen molar-refractivity contribution in [1.29, 1.82) is 0 Å². The number of thiol groups is 1. The zero-order valence-corrected chi connectivity index (χ0v) is 10.8. The first kappa shape index (κ1) is 10.5. The monoisotopic (exact) mass is 267 g/mol. The summed E-state index contributed by atoms with van der Waals surface area (Å²) in [6, 6.07) is 5.56. The summed E-state index contributed by atoms with van der Waals surface area (Å²) in [6.45, 7) is 0. The Hall–Kier alpha value is 0.473. The number of nitrogens with two attached hydrogens (primary N) is 1. The van der Waals surface area contributed by atoms with E-state index >= 15 is 0 Å². The molecule has 0 unspecified atom stereocenters. The molecule has 10 heavy (non-hydrogen) atoms. The van der Waals surface area contributed by atoms with Gasteiger partial charge in [-0.05, 0) is 18.2 Å². The molecule has 2 N–H and O–H groups in total. The molecule has 0 aliphatic carbocycles. The topological polar surface area (TPSA) is 26.0 Å². The van der Waals surface area contributed by atoms with Crippen LogP contribution in [0.3, 0.4) is 0 Å². The molecule has 1 aromatic rings. The average Bonchev–Trinajstić information content (AvgIpc) is 1.80. The summed E-state index contributed by atoms with van der Waals surface area (Å²) < 4.78 is 1.00. The van der Waals surface area contributed by atoms with Gasteiger partial charge in [0.15, 0.2) is 0 Å². The first-order valence-corrected chi connectivity index (χ1v) is 3.68. The molecule has 0 aliphatic heterocycles. The minimum atomic E-state index is 0. The zero-order valence-electron chi connectivity index (χ0n) is 5.34. The number of nitrogen functional groups attached to an aromatic ring is 1. The Kier molecular flexibility index (Phi) is 4.58. The van der Waals surface area contributed by atoms with Gasteiger partial charge in [0.25, 0.3) is 0 Å². The molecule has 1 nitrogen and oxygen atoms in total. The van der Waals surface area contributed by atoms with Gasteiger partial charge in [0.05, 0.1) is 0 Å². The quantitative estimate of drug-likeness (QED) is 0.422. The van der Waals surface area contributed by atoms with E-state index in [2.05, 4.69) is 28.6 Å². The van der Waals surface area contributed by atoms with Crippen molar-refractivity contribution >= 4 is 34.2 Å². The molecule has 0 amide bonds. The molecule has 50 valence electrons. The molecule has 0 atom stereocenters. The van der Waals surface area contributed by atoms with E-state index in [4.69, 9.17) is 5.73 Å². The van der Waals surface area contributed by atoms with E-state index in [1.54, 1.807) is 0 Å². The summed E-state index contributed by atoms with van der Waals surface area (Å²) in [7, 11) is 0. The van der Waals surface area contributed by atoms with E-state index in [1.165, 1.54) is 0 Å². The van der Waals surface area contributed by atoms with Gasteiger partial charge in [0, 0.05) is 34.5 Å². The van der Waals surface area contributed by atoms with Crippen molar-refractivity contribution in [2.75, 3.05) is 5.73 Å². The van der Waals surface area contributed by atoms with Crippen LogP contribution in [-0.2, 0) is 19.5 Å². The Morgan fingerprint density at radius 1 is 1.40 bits per heavy atom. The van der Waals surface area contributed by atoms with Crippen molar-refractivity contribution < 1.29 is 19.5 Å². The van der Waals surface area contributed by atoms with Crippen LogP contribution in [0, 0.1) is 0 Å². The second-order valence-corrected chi connectivity index (χ2v) is 3.10. The average molecular weight is 269 g/mol. The molecule has 1 rings (SSSR count). The number of anilines is 1. The molecule has 0 aliphatic rings. The third-order valence-corrected chi connectivity index (χ3v) is 1.87. The molecule has 0 aromatic heterocycles. The maximum atomic E-state index is 5.49. The van der Waals surface area contributed by atoms with Crippen molar-refractivity contribution in [3.05, 3.63) is 22.7 Å². The van der Waals surface area contributed by atoms with Crippen LogP contribution in [0.1, 0.15) is 0 Å². The minimum absolute atomic E-state index is 0. The van der Waals surface area contributed by atoms with Crippen LogP contribution in [0.4, 0.5) is 5.69 Å². The maximum Gasteiger partial charge on any atom is 0.0450 e. The van der Waals surface area contributed by atoms with Crippen LogP contribution in [-0.4, -0.2) is 0 Å². The normalized spacial score (nSPS) is 8.60. The SMILES string of the molecule is Nc1ccc(Br)cc1S.[Zn]. The van der Waals surface area contributed by atoms with E-state index in [1.807, 2.05) is 18.2 Å². The van der Waals surface area contributed by atoms with Gasteiger partial charge in [-0.2, -0.15) is 0 Å². The molecule has 0 saturated carbocycles. The van der Waals surface area contributed by atoms with Crippen molar-refractivity contribution in [2.45, 2.75) is 4.90 Å². The molecule has 0 heterocycles. The van der Waals surface area contributed by atoms with Gasteiger partial charge in [-0.1, -0.05) is 15.9 Å². The van der Waals surface area contributed by atoms with E-state index in [0.29, 0.717) is 5.69 Å². The number of halogens is 1. The van der Waals surface area contributed by atoms with E-state index in [0.717, 1.165) is 9.37 Å². The minimum Gasteiger partial charge on any atom is -0.398 e. The summed E-state index contributed by atoms with van der Waals surface area (Å²) in [6.07, 6.45) is 0. The maximum absolute atomic E-state index is 5.49. The molecular weight excluding hydrogens is 263 g/mol. The third-order valence-electron chi connectivity index (χ3n) is 0.992. The van der Waals surface area contributed by atoms with Crippen LogP contribution < -0.4 is 5.73 Å². The van der Waals surface area contributed by atoms with Gasteiger partial charge >= 0.3 is 0 Å².